The van der Waals surface area contributed by atoms with Gasteiger partial charge >= 0.3 is 0 Å². The standard InChI is InChI=1S/C20H22FN3O/c1-3-14(13-25-2)4-5-15-10-19(23)16(12-22)11-20(15)24-18-8-6-17(21)7-9-18/h6-12,14,22,24H,3,13,23H2,1-2H3. The first-order valence-electron chi connectivity index (χ1n) is 8.04. The van der Waals surface area contributed by atoms with Gasteiger partial charge in [0.1, 0.15) is 5.82 Å². The summed E-state index contributed by atoms with van der Waals surface area (Å²) in [5.41, 5.74) is 9.25. The fourth-order valence-corrected chi connectivity index (χ4v) is 2.30. The highest BCUT2D eigenvalue weighted by Gasteiger charge is 2.07. The van der Waals surface area contributed by atoms with Gasteiger partial charge in [-0.2, -0.15) is 0 Å². The van der Waals surface area contributed by atoms with Gasteiger partial charge in [0.2, 0.25) is 0 Å². The molecular formula is C20H22FN3O. The lowest BCUT2D eigenvalue weighted by atomic mass is 10.0. The highest BCUT2D eigenvalue weighted by Crippen LogP contribution is 2.25. The molecule has 0 aliphatic carbocycles. The van der Waals surface area contributed by atoms with E-state index in [0.717, 1.165) is 23.4 Å². The topological polar surface area (TPSA) is 71.1 Å². The second-order valence-electron chi connectivity index (χ2n) is 5.63. The van der Waals surface area contributed by atoms with Crippen molar-refractivity contribution in [1.82, 2.24) is 0 Å². The maximum Gasteiger partial charge on any atom is 0.123 e. The average molecular weight is 339 g/mol. The van der Waals surface area contributed by atoms with E-state index in [-0.39, 0.29) is 11.7 Å². The third kappa shape index (κ3) is 5.07. The Balaban J connectivity index is 2.40. The molecule has 2 aromatic carbocycles. The lowest BCUT2D eigenvalue weighted by molar-refractivity contribution is 0.171. The molecule has 0 saturated carbocycles. The number of benzene rings is 2. The zero-order valence-corrected chi connectivity index (χ0v) is 14.4. The molecule has 0 fully saturated rings. The van der Waals surface area contributed by atoms with Crippen LogP contribution in [-0.2, 0) is 4.74 Å². The van der Waals surface area contributed by atoms with E-state index >= 15 is 0 Å². The summed E-state index contributed by atoms with van der Waals surface area (Å²) in [5, 5.41) is 10.7. The smallest absolute Gasteiger partial charge is 0.123 e. The third-order valence-corrected chi connectivity index (χ3v) is 3.77. The molecular weight excluding hydrogens is 317 g/mol. The van der Waals surface area contributed by atoms with Crippen LogP contribution in [0.4, 0.5) is 21.5 Å². The fraction of sp³-hybridized carbons (Fsp3) is 0.250. The van der Waals surface area contributed by atoms with Crippen LogP contribution >= 0.6 is 0 Å². The van der Waals surface area contributed by atoms with E-state index in [1.54, 1.807) is 31.4 Å². The van der Waals surface area contributed by atoms with Crippen molar-refractivity contribution in [3.63, 3.8) is 0 Å². The fourth-order valence-electron chi connectivity index (χ4n) is 2.30. The van der Waals surface area contributed by atoms with Crippen molar-refractivity contribution in [1.29, 1.82) is 5.41 Å². The van der Waals surface area contributed by atoms with Crippen LogP contribution in [0.15, 0.2) is 36.4 Å². The van der Waals surface area contributed by atoms with Gasteiger partial charge in [-0.1, -0.05) is 18.8 Å². The molecule has 25 heavy (non-hydrogen) atoms. The lowest BCUT2D eigenvalue weighted by Crippen LogP contribution is -2.04. The van der Waals surface area contributed by atoms with Crippen LogP contribution in [-0.4, -0.2) is 19.9 Å². The summed E-state index contributed by atoms with van der Waals surface area (Å²) in [4.78, 5) is 0. The Hall–Kier alpha value is -2.84. The van der Waals surface area contributed by atoms with Gasteiger partial charge in [-0.05, 0) is 42.8 Å². The molecule has 1 atom stereocenters. The van der Waals surface area contributed by atoms with Crippen LogP contribution in [0.2, 0.25) is 0 Å². The van der Waals surface area contributed by atoms with E-state index in [9.17, 15) is 4.39 Å². The van der Waals surface area contributed by atoms with Crippen molar-refractivity contribution in [3.8, 4) is 11.8 Å². The summed E-state index contributed by atoms with van der Waals surface area (Å²) in [6.45, 7) is 2.63. The van der Waals surface area contributed by atoms with Crippen LogP contribution < -0.4 is 11.1 Å². The monoisotopic (exact) mass is 339 g/mol. The number of halogens is 1. The second kappa shape index (κ2) is 8.86. The molecule has 0 bridgehead atoms. The molecule has 0 saturated heterocycles. The van der Waals surface area contributed by atoms with Gasteiger partial charge in [-0.25, -0.2) is 4.39 Å². The molecule has 4 nitrogen and oxygen atoms in total. The van der Waals surface area contributed by atoms with Crippen LogP contribution in [0.25, 0.3) is 0 Å². The average Bonchev–Trinajstić information content (AvgIpc) is 2.62. The number of methoxy groups -OCH3 is 1. The van der Waals surface area contributed by atoms with E-state index < -0.39 is 0 Å². The SMILES string of the molecule is CCC(C#Cc1cc(N)c(C=N)cc1Nc1ccc(F)cc1)COC. The predicted octanol–water partition coefficient (Wildman–Crippen LogP) is 4.17. The minimum absolute atomic E-state index is 0.132. The van der Waals surface area contributed by atoms with Crippen LogP contribution in [0, 0.1) is 29.0 Å². The summed E-state index contributed by atoms with van der Waals surface area (Å²) < 4.78 is 18.3. The quantitative estimate of drug-likeness (QED) is 0.420. The summed E-state index contributed by atoms with van der Waals surface area (Å²) in [6.07, 6.45) is 2.08. The van der Waals surface area contributed by atoms with Crippen LogP contribution in [0.1, 0.15) is 24.5 Å². The molecule has 1 unspecified atom stereocenters. The van der Waals surface area contributed by atoms with Gasteiger partial charge in [-0.15, -0.1) is 0 Å². The number of ether oxygens (including phenoxy) is 1. The van der Waals surface area contributed by atoms with E-state index in [4.69, 9.17) is 15.9 Å². The predicted molar refractivity (Wildman–Crippen MR) is 101 cm³/mol. The van der Waals surface area contributed by atoms with E-state index in [2.05, 4.69) is 24.1 Å². The molecule has 130 valence electrons. The molecule has 5 heteroatoms. The van der Waals surface area contributed by atoms with Gasteiger partial charge in [-0.3, -0.25) is 0 Å². The molecule has 0 amide bonds. The van der Waals surface area contributed by atoms with Crippen molar-refractivity contribution in [2.75, 3.05) is 24.8 Å². The number of hydrogen-bond donors (Lipinski definition) is 3. The maximum absolute atomic E-state index is 13.1. The number of anilines is 3. The van der Waals surface area contributed by atoms with Gasteiger partial charge in [0.05, 0.1) is 17.9 Å². The number of nitrogens with one attached hydrogen (secondary N) is 2. The Morgan fingerprint density at radius 1 is 1.32 bits per heavy atom. The number of rotatable bonds is 6. The first-order chi connectivity index (χ1) is 12.1. The Morgan fingerprint density at radius 3 is 2.64 bits per heavy atom. The lowest BCUT2D eigenvalue weighted by Gasteiger charge is -2.12. The van der Waals surface area contributed by atoms with E-state index in [1.807, 2.05) is 0 Å². The van der Waals surface area contributed by atoms with Crippen molar-refractivity contribution in [3.05, 3.63) is 53.3 Å². The summed E-state index contributed by atoms with van der Waals surface area (Å²) in [7, 11) is 1.66. The zero-order chi connectivity index (χ0) is 18.2. The Morgan fingerprint density at radius 2 is 2.04 bits per heavy atom. The molecule has 0 aliphatic rings. The number of hydrogen-bond acceptors (Lipinski definition) is 4. The molecule has 4 N–H and O–H groups in total. The molecule has 0 spiro atoms. The van der Waals surface area contributed by atoms with Gasteiger partial charge in [0.15, 0.2) is 0 Å². The Labute approximate surface area is 147 Å². The molecule has 2 aromatic rings. The van der Waals surface area contributed by atoms with Gasteiger partial charge in [0, 0.05) is 36.2 Å². The second-order valence-corrected chi connectivity index (χ2v) is 5.63. The maximum atomic E-state index is 13.1. The molecule has 0 aliphatic heterocycles. The Bertz CT molecular complexity index is 791. The molecule has 0 radical (unpaired) electrons. The van der Waals surface area contributed by atoms with Crippen LogP contribution in [0.5, 0.6) is 0 Å². The van der Waals surface area contributed by atoms with E-state index in [0.29, 0.717) is 17.9 Å². The first kappa shape index (κ1) is 18.5. The molecule has 0 aromatic heterocycles. The van der Waals surface area contributed by atoms with Crippen molar-refractivity contribution in [2.24, 2.45) is 5.92 Å². The summed E-state index contributed by atoms with van der Waals surface area (Å²) >= 11 is 0. The number of nitrogens with two attached hydrogens (primary N) is 1. The first-order valence-corrected chi connectivity index (χ1v) is 8.04. The highest BCUT2D eigenvalue weighted by molar-refractivity contribution is 5.89. The highest BCUT2D eigenvalue weighted by atomic mass is 19.1. The van der Waals surface area contributed by atoms with Crippen molar-refractivity contribution in [2.45, 2.75) is 13.3 Å². The normalized spacial score (nSPS) is 11.3. The van der Waals surface area contributed by atoms with Gasteiger partial charge < -0.3 is 21.2 Å². The van der Waals surface area contributed by atoms with E-state index in [1.165, 1.54) is 18.3 Å². The third-order valence-electron chi connectivity index (χ3n) is 3.77. The van der Waals surface area contributed by atoms with Crippen molar-refractivity contribution < 1.29 is 9.13 Å². The van der Waals surface area contributed by atoms with Gasteiger partial charge in [0.25, 0.3) is 0 Å². The van der Waals surface area contributed by atoms with Crippen molar-refractivity contribution >= 4 is 23.3 Å². The molecule has 0 heterocycles. The summed E-state index contributed by atoms with van der Waals surface area (Å²) in [6, 6.07) is 9.58. The minimum Gasteiger partial charge on any atom is -0.398 e. The minimum atomic E-state index is -0.298. The summed E-state index contributed by atoms with van der Waals surface area (Å²) in [5.74, 6) is 6.18. The largest absolute Gasteiger partial charge is 0.398 e. The van der Waals surface area contributed by atoms with Crippen LogP contribution in [0.3, 0.4) is 0 Å². The Kier molecular flexibility index (Phi) is 6.55. The number of nitrogen functional groups attached to an aromatic ring is 1. The zero-order valence-electron chi connectivity index (χ0n) is 14.4. The molecule has 2 rings (SSSR count).